The molecule has 1 aromatic carbocycles. The van der Waals surface area contributed by atoms with Gasteiger partial charge >= 0.3 is 0 Å². The summed E-state index contributed by atoms with van der Waals surface area (Å²) in [5, 5.41) is 0.387. The number of aromatic nitrogens is 1. The van der Waals surface area contributed by atoms with E-state index in [4.69, 9.17) is 0 Å². The molecule has 0 aliphatic carbocycles. The third kappa shape index (κ3) is 6.79. The Morgan fingerprint density at radius 3 is 2.52 bits per heavy atom. The van der Waals surface area contributed by atoms with Gasteiger partial charge in [0, 0.05) is 47.7 Å². The maximum Gasteiger partial charge on any atom is 0.196 e. The molecule has 0 spiro atoms. The third-order valence-electron chi connectivity index (χ3n) is 4.25. The van der Waals surface area contributed by atoms with E-state index in [0.29, 0.717) is 5.01 Å². The first kappa shape index (κ1) is 22.8. The van der Waals surface area contributed by atoms with Gasteiger partial charge in [-0.05, 0) is 33.3 Å². The molecule has 0 bridgehead atoms. The molecule has 154 valence electrons. The second-order valence-electron chi connectivity index (χ2n) is 7.26. The van der Waals surface area contributed by atoms with Crippen molar-refractivity contribution in [1.29, 1.82) is 0 Å². The van der Waals surface area contributed by atoms with Gasteiger partial charge in [-0.2, -0.15) is 4.39 Å². The summed E-state index contributed by atoms with van der Waals surface area (Å²) in [6, 6.07) is 7.93. The van der Waals surface area contributed by atoms with Gasteiger partial charge in [-0.1, -0.05) is 61.3 Å². The van der Waals surface area contributed by atoms with Crippen LogP contribution in [0.5, 0.6) is 0 Å². The largest absolute Gasteiger partial charge is 0.371 e. The van der Waals surface area contributed by atoms with Gasteiger partial charge in [0.25, 0.3) is 0 Å². The summed E-state index contributed by atoms with van der Waals surface area (Å²) in [5.74, 6) is 0. The molecule has 0 unspecified atom stereocenters. The van der Waals surface area contributed by atoms with E-state index in [1.165, 1.54) is 11.8 Å². The molecule has 29 heavy (non-hydrogen) atoms. The smallest absolute Gasteiger partial charge is 0.196 e. The van der Waals surface area contributed by atoms with E-state index in [1.807, 2.05) is 31.2 Å². The molecule has 0 atom stereocenters. The molecule has 1 aromatic heterocycles. The van der Waals surface area contributed by atoms with Crippen LogP contribution in [0.15, 0.2) is 66.0 Å². The first-order chi connectivity index (χ1) is 13.8. The number of halogens is 1. The zero-order valence-corrected chi connectivity index (χ0v) is 18.7. The molecular weight excluding hydrogens is 381 g/mol. The zero-order chi connectivity index (χ0) is 21.4. The fraction of sp³-hybridized carbons (Fsp3) is 0.333. The van der Waals surface area contributed by atoms with Crippen molar-refractivity contribution in [3.05, 3.63) is 71.7 Å². The summed E-state index contributed by atoms with van der Waals surface area (Å²) in [4.78, 5) is 11.1. The van der Waals surface area contributed by atoms with E-state index in [-0.39, 0.29) is 5.13 Å². The van der Waals surface area contributed by atoms with Gasteiger partial charge in [-0.25, -0.2) is 4.98 Å². The SMILES string of the molecule is C=C(C)N=C(C=C(C)C)CCN(CCC)C(=C)c1ccccc1-c1ncc(F)s1. The lowest BCUT2D eigenvalue weighted by Gasteiger charge is -2.27. The van der Waals surface area contributed by atoms with Crippen molar-refractivity contribution in [2.75, 3.05) is 13.1 Å². The first-order valence-corrected chi connectivity index (χ1v) is 10.7. The van der Waals surface area contributed by atoms with Crippen molar-refractivity contribution in [3.8, 4) is 10.6 Å². The van der Waals surface area contributed by atoms with Gasteiger partial charge in [-0.3, -0.25) is 4.99 Å². The number of thiazole rings is 1. The van der Waals surface area contributed by atoms with E-state index in [0.717, 1.165) is 65.5 Å². The van der Waals surface area contributed by atoms with Gasteiger partial charge in [0.15, 0.2) is 5.13 Å². The lowest BCUT2D eigenvalue weighted by atomic mass is 10.0. The van der Waals surface area contributed by atoms with Crippen LogP contribution >= 0.6 is 11.3 Å². The van der Waals surface area contributed by atoms with Crippen molar-refractivity contribution in [2.24, 2.45) is 4.99 Å². The van der Waals surface area contributed by atoms with Gasteiger partial charge in [0.1, 0.15) is 5.01 Å². The summed E-state index contributed by atoms with van der Waals surface area (Å²) < 4.78 is 13.5. The Morgan fingerprint density at radius 2 is 1.93 bits per heavy atom. The minimum absolute atomic E-state index is 0.284. The Kier molecular flexibility index (Phi) is 8.52. The second-order valence-corrected chi connectivity index (χ2v) is 8.24. The number of aliphatic imine (C=N–C) groups is 1. The predicted molar refractivity (Wildman–Crippen MR) is 125 cm³/mol. The van der Waals surface area contributed by atoms with Crippen molar-refractivity contribution in [2.45, 2.75) is 40.5 Å². The maximum absolute atomic E-state index is 13.5. The topological polar surface area (TPSA) is 28.5 Å². The summed E-state index contributed by atoms with van der Waals surface area (Å²) in [6.45, 7) is 18.2. The van der Waals surface area contributed by atoms with Gasteiger partial charge < -0.3 is 4.90 Å². The Morgan fingerprint density at radius 1 is 1.21 bits per heavy atom. The molecule has 0 radical (unpaired) electrons. The molecule has 0 aliphatic rings. The third-order valence-corrected chi connectivity index (χ3v) is 5.07. The predicted octanol–water partition coefficient (Wildman–Crippen LogP) is 6.96. The van der Waals surface area contributed by atoms with Crippen LogP contribution < -0.4 is 0 Å². The van der Waals surface area contributed by atoms with E-state index in [9.17, 15) is 4.39 Å². The Balaban J connectivity index is 2.28. The molecule has 0 aliphatic heterocycles. The lowest BCUT2D eigenvalue weighted by molar-refractivity contribution is 0.408. The second kappa shape index (κ2) is 10.9. The van der Waals surface area contributed by atoms with Crippen LogP contribution in [0.25, 0.3) is 16.3 Å². The first-order valence-electron chi connectivity index (χ1n) is 9.84. The van der Waals surface area contributed by atoms with Gasteiger partial charge in [0.2, 0.25) is 0 Å². The molecule has 5 heteroatoms. The van der Waals surface area contributed by atoms with Crippen LogP contribution in [-0.2, 0) is 0 Å². The Bertz CT molecular complexity index is 920. The fourth-order valence-electron chi connectivity index (χ4n) is 3.11. The summed E-state index contributed by atoms with van der Waals surface area (Å²) in [7, 11) is 0. The van der Waals surface area contributed by atoms with Crippen LogP contribution in [-0.4, -0.2) is 28.7 Å². The standard InChI is InChI=1S/C24H30FN3S/c1-7-13-28(14-12-20(15-17(2)3)27-18(4)5)19(6)21-10-8-9-11-22(21)24-26-16-23(25)29-24/h8-11,15-16H,4,6-7,12-14H2,1-3,5H3. The Hall–Kier alpha value is -2.53. The molecule has 0 saturated carbocycles. The highest BCUT2D eigenvalue weighted by Gasteiger charge is 2.16. The van der Waals surface area contributed by atoms with Gasteiger partial charge in [0.05, 0.1) is 6.20 Å². The van der Waals surface area contributed by atoms with Crippen LogP contribution in [0, 0.1) is 5.13 Å². The zero-order valence-electron chi connectivity index (χ0n) is 17.8. The number of hydrogen-bond donors (Lipinski definition) is 0. The molecule has 2 aromatic rings. The van der Waals surface area contributed by atoms with Crippen molar-refractivity contribution < 1.29 is 4.39 Å². The summed E-state index contributed by atoms with van der Waals surface area (Å²) in [6.07, 6.45) is 5.17. The van der Waals surface area contributed by atoms with Crippen LogP contribution in [0.3, 0.4) is 0 Å². The van der Waals surface area contributed by atoms with Crippen LogP contribution in [0.1, 0.15) is 46.1 Å². The lowest BCUT2D eigenvalue weighted by Crippen LogP contribution is -2.25. The molecule has 0 saturated heterocycles. The van der Waals surface area contributed by atoms with E-state index in [1.54, 1.807) is 0 Å². The highest BCUT2D eigenvalue weighted by molar-refractivity contribution is 7.13. The number of benzene rings is 1. The highest BCUT2D eigenvalue weighted by atomic mass is 32.1. The maximum atomic E-state index is 13.5. The van der Waals surface area contributed by atoms with Crippen molar-refractivity contribution >= 4 is 22.7 Å². The molecule has 0 amide bonds. The number of nitrogens with zero attached hydrogens (tertiary/aromatic N) is 3. The normalized spacial score (nSPS) is 11.3. The highest BCUT2D eigenvalue weighted by Crippen LogP contribution is 2.32. The van der Waals surface area contributed by atoms with E-state index in [2.05, 4.69) is 54.9 Å². The monoisotopic (exact) mass is 411 g/mol. The number of hydrogen-bond acceptors (Lipinski definition) is 4. The number of rotatable bonds is 10. The summed E-state index contributed by atoms with van der Waals surface area (Å²) >= 11 is 1.06. The summed E-state index contributed by atoms with van der Waals surface area (Å²) in [5.41, 5.74) is 5.84. The molecule has 0 fully saturated rings. The van der Waals surface area contributed by atoms with Crippen LogP contribution in [0.2, 0.25) is 0 Å². The van der Waals surface area contributed by atoms with Crippen molar-refractivity contribution in [1.82, 2.24) is 9.88 Å². The van der Waals surface area contributed by atoms with Crippen LogP contribution in [0.4, 0.5) is 4.39 Å². The fourth-order valence-corrected chi connectivity index (χ4v) is 3.79. The molecule has 3 nitrogen and oxygen atoms in total. The number of allylic oxidation sites excluding steroid dienone is 3. The average molecular weight is 412 g/mol. The average Bonchev–Trinajstić information content (AvgIpc) is 3.09. The molecule has 0 N–H and O–H groups in total. The van der Waals surface area contributed by atoms with Crippen molar-refractivity contribution in [3.63, 3.8) is 0 Å². The van der Waals surface area contributed by atoms with Gasteiger partial charge in [-0.15, -0.1) is 0 Å². The minimum atomic E-state index is -0.284. The quantitative estimate of drug-likeness (QED) is 0.395. The molecular formula is C24H30FN3S. The molecule has 2 rings (SSSR count). The van der Waals surface area contributed by atoms with E-state index >= 15 is 0 Å². The minimum Gasteiger partial charge on any atom is -0.371 e. The Labute approximate surface area is 178 Å². The molecule has 1 heterocycles. The van der Waals surface area contributed by atoms with E-state index < -0.39 is 0 Å².